The van der Waals surface area contributed by atoms with E-state index in [0.29, 0.717) is 12.0 Å². The molecular weight excluding hydrogens is 420 g/mol. The van der Waals surface area contributed by atoms with Crippen LogP contribution in [0.3, 0.4) is 0 Å². The van der Waals surface area contributed by atoms with Crippen molar-refractivity contribution in [3.8, 4) is 5.75 Å². The number of amides is 1. The number of likely N-dealkylation sites (tertiary alicyclic amines) is 2. The first-order valence-corrected chi connectivity index (χ1v) is 12.5. The molecule has 0 atom stereocenters. The molecule has 0 bridgehead atoms. The van der Waals surface area contributed by atoms with Gasteiger partial charge in [-0.1, -0.05) is 66.7 Å². The molecule has 2 fully saturated rings. The van der Waals surface area contributed by atoms with Gasteiger partial charge in [0.15, 0.2) is 0 Å². The molecule has 0 saturated carbocycles. The van der Waals surface area contributed by atoms with Gasteiger partial charge < -0.3 is 9.64 Å². The standard InChI is InChI=1S/C30H34N2O2/c33-29(26-11-5-2-6-12-26)32-21-17-30(18-22-32)15-19-31(20-16-30)23-27-13-7-8-14-28(27)34-24-25-9-3-1-4-10-25/h1-14H,15-24H2. The van der Waals surface area contributed by atoms with Crippen molar-refractivity contribution in [2.75, 3.05) is 26.2 Å². The molecule has 0 aromatic heterocycles. The van der Waals surface area contributed by atoms with E-state index in [4.69, 9.17) is 4.74 Å². The maximum atomic E-state index is 12.8. The maximum Gasteiger partial charge on any atom is 0.253 e. The van der Waals surface area contributed by atoms with Crippen molar-refractivity contribution in [3.63, 3.8) is 0 Å². The van der Waals surface area contributed by atoms with Crippen LogP contribution in [0.15, 0.2) is 84.9 Å². The Balaban J connectivity index is 1.13. The van der Waals surface area contributed by atoms with Gasteiger partial charge in [0.1, 0.15) is 12.4 Å². The van der Waals surface area contributed by atoms with E-state index in [0.717, 1.165) is 56.9 Å². The smallest absolute Gasteiger partial charge is 0.253 e. The van der Waals surface area contributed by atoms with Gasteiger partial charge in [-0.15, -0.1) is 0 Å². The molecule has 4 heteroatoms. The Hall–Kier alpha value is -3.11. The number of rotatable bonds is 6. The summed E-state index contributed by atoms with van der Waals surface area (Å²) < 4.78 is 6.18. The molecule has 34 heavy (non-hydrogen) atoms. The summed E-state index contributed by atoms with van der Waals surface area (Å²) in [6.45, 7) is 5.51. The Labute approximate surface area is 203 Å². The first kappa shape index (κ1) is 22.7. The average molecular weight is 455 g/mol. The van der Waals surface area contributed by atoms with E-state index >= 15 is 0 Å². The second kappa shape index (κ2) is 10.4. The SMILES string of the molecule is O=C(c1ccccc1)N1CCC2(CCN(Cc3ccccc3OCc3ccccc3)CC2)CC1. The zero-order valence-electron chi connectivity index (χ0n) is 19.9. The van der Waals surface area contributed by atoms with Gasteiger partial charge in [-0.3, -0.25) is 9.69 Å². The van der Waals surface area contributed by atoms with E-state index in [2.05, 4.69) is 53.4 Å². The van der Waals surface area contributed by atoms with Crippen molar-refractivity contribution in [1.29, 1.82) is 0 Å². The Kier molecular flexibility index (Phi) is 6.96. The van der Waals surface area contributed by atoms with E-state index in [1.54, 1.807) is 0 Å². The molecule has 4 nitrogen and oxygen atoms in total. The average Bonchev–Trinajstić information content (AvgIpc) is 2.91. The summed E-state index contributed by atoms with van der Waals surface area (Å²) in [7, 11) is 0. The molecule has 2 heterocycles. The highest BCUT2D eigenvalue weighted by Gasteiger charge is 2.38. The monoisotopic (exact) mass is 454 g/mol. The van der Waals surface area contributed by atoms with Crippen LogP contribution in [0.4, 0.5) is 0 Å². The molecule has 1 spiro atoms. The summed E-state index contributed by atoms with van der Waals surface area (Å²) in [5, 5.41) is 0. The molecule has 3 aromatic rings. The molecule has 0 N–H and O–H groups in total. The van der Waals surface area contributed by atoms with Crippen LogP contribution in [0, 0.1) is 5.41 Å². The summed E-state index contributed by atoms with van der Waals surface area (Å²) in [4.78, 5) is 17.4. The van der Waals surface area contributed by atoms with Crippen LogP contribution < -0.4 is 4.74 Å². The number of carbonyl (C=O) groups is 1. The number of hydrogen-bond donors (Lipinski definition) is 0. The third-order valence-corrected chi connectivity index (χ3v) is 7.65. The predicted octanol–water partition coefficient (Wildman–Crippen LogP) is 5.78. The van der Waals surface area contributed by atoms with Crippen LogP contribution in [-0.4, -0.2) is 41.9 Å². The fourth-order valence-electron chi connectivity index (χ4n) is 5.38. The molecule has 3 aromatic carbocycles. The third kappa shape index (κ3) is 5.34. The lowest BCUT2D eigenvalue weighted by Crippen LogP contribution is -2.48. The lowest BCUT2D eigenvalue weighted by molar-refractivity contribution is 0.0283. The lowest BCUT2D eigenvalue weighted by atomic mass is 9.71. The number of nitrogens with zero attached hydrogens (tertiary/aromatic N) is 2. The van der Waals surface area contributed by atoms with Crippen LogP contribution in [0.5, 0.6) is 5.75 Å². The molecule has 1 amide bonds. The Morgan fingerprint density at radius 1 is 0.735 bits per heavy atom. The predicted molar refractivity (Wildman–Crippen MR) is 136 cm³/mol. The topological polar surface area (TPSA) is 32.8 Å². The highest BCUT2D eigenvalue weighted by atomic mass is 16.5. The number of para-hydroxylation sites is 1. The molecular formula is C30H34N2O2. The minimum atomic E-state index is 0.181. The van der Waals surface area contributed by atoms with Gasteiger partial charge in [-0.05, 0) is 68.0 Å². The quantitative estimate of drug-likeness (QED) is 0.473. The molecule has 5 rings (SSSR count). The normalized spacial score (nSPS) is 18.1. The number of benzene rings is 3. The molecule has 0 aliphatic carbocycles. The number of piperidine rings is 2. The minimum absolute atomic E-state index is 0.181. The molecule has 2 saturated heterocycles. The van der Waals surface area contributed by atoms with Crippen LogP contribution >= 0.6 is 0 Å². The summed E-state index contributed by atoms with van der Waals surface area (Å²) in [6.07, 6.45) is 4.67. The van der Waals surface area contributed by atoms with E-state index in [-0.39, 0.29) is 5.91 Å². The van der Waals surface area contributed by atoms with E-state index in [1.165, 1.54) is 24.0 Å². The Morgan fingerprint density at radius 3 is 2.03 bits per heavy atom. The largest absolute Gasteiger partial charge is 0.489 e. The zero-order valence-corrected chi connectivity index (χ0v) is 19.9. The van der Waals surface area contributed by atoms with Gasteiger partial charge in [-0.25, -0.2) is 0 Å². The van der Waals surface area contributed by atoms with Gasteiger partial charge in [0.25, 0.3) is 5.91 Å². The number of hydrogen-bond acceptors (Lipinski definition) is 3. The third-order valence-electron chi connectivity index (χ3n) is 7.65. The van der Waals surface area contributed by atoms with Gasteiger partial charge >= 0.3 is 0 Å². The Bertz CT molecular complexity index is 1070. The highest BCUT2D eigenvalue weighted by Crippen LogP contribution is 2.42. The highest BCUT2D eigenvalue weighted by molar-refractivity contribution is 5.94. The second-order valence-corrected chi connectivity index (χ2v) is 9.82. The van der Waals surface area contributed by atoms with Crippen molar-refractivity contribution in [3.05, 3.63) is 102 Å². The zero-order chi connectivity index (χ0) is 23.2. The van der Waals surface area contributed by atoms with Gasteiger partial charge in [0.2, 0.25) is 0 Å². The first-order chi connectivity index (χ1) is 16.7. The van der Waals surface area contributed by atoms with Crippen LogP contribution in [-0.2, 0) is 13.2 Å². The van der Waals surface area contributed by atoms with E-state index in [9.17, 15) is 4.79 Å². The molecule has 0 radical (unpaired) electrons. The van der Waals surface area contributed by atoms with Crippen molar-refractivity contribution in [2.45, 2.75) is 38.8 Å². The van der Waals surface area contributed by atoms with Crippen molar-refractivity contribution >= 4 is 5.91 Å². The summed E-state index contributed by atoms with van der Waals surface area (Å²) in [6, 6.07) is 28.5. The maximum absolute atomic E-state index is 12.8. The van der Waals surface area contributed by atoms with Gasteiger partial charge in [0.05, 0.1) is 0 Å². The van der Waals surface area contributed by atoms with E-state index in [1.807, 2.05) is 41.3 Å². The molecule has 2 aliphatic heterocycles. The fraction of sp³-hybridized carbons (Fsp3) is 0.367. The second-order valence-electron chi connectivity index (χ2n) is 9.82. The van der Waals surface area contributed by atoms with Gasteiger partial charge in [-0.2, -0.15) is 0 Å². The first-order valence-electron chi connectivity index (χ1n) is 12.5. The minimum Gasteiger partial charge on any atom is -0.489 e. The van der Waals surface area contributed by atoms with Crippen LogP contribution in [0.2, 0.25) is 0 Å². The van der Waals surface area contributed by atoms with Crippen LogP contribution in [0.25, 0.3) is 0 Å². The van der Waals surface area contributed by atoms with Crippen LogP contribution in [0.1, 0.15) is 47.2 Å². The van der Waals surface area contributed by atoms with E-state index < -0.39 is 0 Å². The molecule has 2 aliphatic rings. The van der Waals surface area contributed by atoms with Crippen molar-refractivity contribution in [1.82, 2.24) is 9.80 Å². The van der Waals surface area contributed by atoms with Gasteiger partial charge in [0, 0.05) is 30.8 Å². The lowest BCUT2D eigenvalue weighted by Gasteiger charge is -2.47. The molecule has 176 valence electrons. The summed E-state index contributed by atoms with van der Waals surface area (Å²) in [5.74, 6) is 1.17. The number of ether oxygens (including phenoxy) is 1. The Morgan fingerprint density at radius 2 is 1.32 bits per heavy atom. The van der Waals surface area contributed by atoms with Crippen molar-refractivity contribution < 1.29 is 9.53 Å². The summed E-state index contributed by atoms with van der Waals surface area (Å²) >= 11 is 0. The number of carbonyl (C=O) groups excluding carboxylic acids is 1. The molecule has 0 unspecified atom stereocenters. The fourth-order valence-corrected chi connectivity index (χ4v) is 5.38. The summed E-state index contributed by atoms with van der Waals surface area (Å²) in [5.41, 5.74) is 3.65. The van der Waals surface area contributed by atoms with Crippen molar-refractivity contribution in [2.24, 2.45) is 5.41 Å².